The van der Waals surface area contributed by atoms with Crippen molar-refractivity contribution in [3.63, 3.8) is 0 Å². The number of hydrogen-bond donors (Lipinski definition) is 0. The van der Waals surface area contributed by atoms with E-state index in [-0.39, 0.29) is 17.3 Å². The van der Waals surface area contributed by atoms with Crippen LogP contribution in [0.2, 0.25) is 0 Å². The minimum absolute atomic E-state index is 0.0584. The van der Waals surface area contributed by atoms with Gasteiger partial charge in [0, 0.05) is 0 Å². The maximum Gasteiger partial charge on any atom is 0.314 e. The molecule has 0 spiro atoms. The molecule has 0 bridgehead atoms. The van der Waals surface area contributed by atoms with Crippen LogP contribution < -0.4 is 4.74 Å². The Morgan fingerprint density at radius 2 is 1.57 bits per heavy atom. The van der Waals surface area contributed by atoms with Crippen molar-refractivity contribution in [3.05, 3.63) is 29.8 Å². The maximum atomic E-state index is 12.2. The number of benzene rings is 1. The Balaban J connectivity index is 1.66. The van der Waals surface area contributed by atoms with Gasteiger partial charge in [-0.1, -0.05) is 50.7 Å². The monoisotopic (exact) mass is 314 g/mol. The molecule has 1 aromatic carbocycles. The summed E-state index contributed by atoms with van der Waals surface area (Å²) in [6.07, 6.45) is 11.8. The van der Waals surface area contributed by atoms with Gasteiger partial charge in [0.15, 0.2) is 0 Å². The molecule has 23 heavy (non-hydrogen) atoms. The third-order valence-electron chi connectivity index (χ3n) is 5.56. The predicted octanol–water partition coefficient (Wildman–Crippen LogP) is 4.57. The summed E-state index contributed by atoms with van der Waals surface area (Å²) in [4.78, 5) is 23.9. The van der Waals surface area contributed by atoms with Crippen molar-refractivity contribution in [2.45, 2.75) is 69.6 Å². The average molecular weight is 314 g/mol. The molecule has 3 nitrogen and oxygen atoms in total. The van der Waals surface area contributed by atoms with Gasteiger partial charge in [-0.3, -0.25) is 4.79 Å². The van der Waals surface area contributed by atoms with Crippen molar-refractivity contribution >= 4 is 12.3 Å². The van der Waals surface area contributed by atoms with Crippen LogP contribution >= 0.6 is 0 Å². The number of rotatable bonds is 4. The van der Waals surface area contributed by atoms with Crippen LogP contribution in [0.4, 0.5) is 0 Å². The summed E-state index contributed by atoms with van der Waals surface area (Å²) in [6, 6.07) is 7.61. The Bertz CT molecular complexity index is 535. The minimum atomic E-state index is -0.329. The molecule has 2 saturated carbocycles. The summed E-state index contributed by atoms with van der Waals surface area (Å²) in [5.74, 6) is 0.560. The van der Waals surface area contributed by atoms with E-state index in [1.165, 1.54) is 12.8 Å². The van der Waals surface area contributed by atoms with E-state index in [0.29, 0.717) is 5.75 Å². The van der Waals surface area contributed by atoms with E-state index in [4.69, 9.17) is 4.74 Å². The van der Waals surface area contributed by atoms with Gasteiger partial charge in [0.1, 0.15) is 12.0 Å². The van der Waals surface area contributed by atoms with Crippen LogP contribution in [0, 0.1) is 5.92 Å². The maximum absolute atomic E-state index is 12.2. The van der Waals surface area contributed by atoms with Crippen molar-refractivity contribution in [1.29, 1.82) is 0 Å². The zero-order valence-corrected chi connectivity index (χ0v) is 13.8. The van der Waals surface area contributed by atoms with Crippen LogP contribution in [0.1, 0.15) is 69.8 Å². The molecule has 0 aromatic heterocycles. The Kier molecular flexibility index (Phi) is 5.14. The topological polar surface area (TPSA) is 43.4 Å². The summed E-state index contributed by atoms with van der Waals surface area (Å²) in [7, 11) is 0. The van der Waals surface area contributed by atoms with Crippen molar-refractivity contribution < 1.29 is 14.3 Å². The van der Waals surface area contributed by atoms with E-state index < -0.39 is 0 Å². The van der Waals surface area contributed by atoms with Crippen LogP contribution in [0.25, 0.3) is 0 Å². The second-order valence-electron chi connectivity index (χ2n) is 7.12. The smallest absolute Gasteiger partial charge is 0.314 e. The van der Waals surface area contributed by atoms with E-state index in [0.717, 1.165) is 63.2 Å². The largest absolute Gasteiger partial charge is 0.426 e. The molecule has 0 saturated heterocycles. The Labute approximate surface area is 138 Å². The van der Waals surface area contributed by atoms with E-state index >= 15 is 0 Å². The van der Waals surface area contributed by atoms with Crippen LogP contribution in [0.15, 0.2) is 24.3 Å². The zero-order valence-electron chi connectivity index (χ0n) is 13.8. The highest BCUT2D eigenvalue weighted by Gasteiger charge is 2.33. The van der Waals surface area contributed by atoms with Gasteiger partial charge >= 0.3 is 5.97 Å². The highest BCUT2D eigenvalue weighted by Crippen LogP contribution is 2.38. The minimum Gasteiger partial charge on any atom is -0.426 e. The number of esters is 1. The fraction of sp³-hybridized carbons (Fsp3) is 0.600. The van der Waals surface area contributed by atoms with Gasteiger partial charge in [0.25, 0.3) is 0 Å². The first kappa shape index (κ1) is 16.2. The van der Waals surface area contributed by atoms with Crippen LogP contribution in [-0.4, -0.2) is 12.3 Å². The van der Waals surface area contributed by atoms with Gasteiger partial charge in [-0.2, -0.15) is 0 Å². The van der Waals surface area contributed by atoms with Crippen molar-refractivity contribution in [2.75, 3.05) is 0 Å². The number of hydrogen-bond acceptors (Lipinski definition) is 3. The quantitative estimate of drug-likeness (QED) is 0.464. The predicted molar refractivity (Wildman–Crippen MR) is 89.5 cm³/mol. The normalized spacial score (nSPS) is 21.6. The summed E-state index contributed by atoms with van der Waals surface area (Å²) < 4.78 is 5.54. The summed E-state index contributed by atoms with van der Waals surface area (Å²) in [5, 5.41) is 0. The van der Waals surface area contributed by atoms with Gasteiger partial charge < -0.3 is 9.53 Å². The molecular weight excluding hydrogens is 288 g/mol. The van der Waals surface area contributed by atoms with Crippen LogP contribution in [0.3, 0.4) is 0 Å². The van der Waals surface area contributed by atoms with Crippen LogP contribution in [0.5, 0.6) is 5.75 Å². The fourth-order valence-electron chi connectivity index (χ4n) is 4.05. The van der Waals surface area contributed by atoms with E-state index in [9.17, 15) is 9.59 Å². The van der Waals surface area contributed by atoms with E-state index in [1.807, 2.05) is 24.3 Å². The first-order valence-corrected chi connectivity index (χ1v) is 9.02. The van der Waals surface area contributed by atoms with Gasteiger partial charge in [-0.15, -0.1) is 0 Å². The highest BCUT2D eigenvalue weighted by atomic mass is 16.5. The Morgan fingerprint density at radius 3 is 2.17 bits per heavy atom. The highest BCUT2D eigenvalue weighted by molar-refractivity contribution is 5.75. The van der Waals surface area contributed by atoms with E-state index in [1.54, 1.807) is 0 Å². The molecule has 2 fully saturated rings. The number of ether oxygens (including phenoxy) is 1. The Hall–Kier alpha value is -1.64. The molecule has 3 rings (SSSR count). The lowest BCUT2D eigenvalue weighted by atomic mass is 9.70. The van der Waals surface area contributed by atoms with Crippen LogP contribution in [-0.2, 0) is 15.0 Å². The number of carbonyl (C=O) groups is 2. The first-order chi connectivity index (χ1) is 11.2. The average Bonchev–Trinajstić information content (AvgIpc) is 2.63. The molecule has 124 valence electrons. The lowest BCUT2D eigenvalue weighted by Gasteiger charge is -2.32. The molecule has 0 unspecified atom stereocenters. The second kappa shape index (κ2) is 7.29. The second-order valence-corrected chi connectivity index (χ2v) is 7.12. The van der Waals surface area contributed by atoms with Gasteiger partial charge in [0.05, 0.1) is 11.3 Å². The van der Waals surface area contributed by atoms with Gasteiger partial charge in [0.2, 0.25) is 0 Å². The SMILES string of the molecule is O=CC1(c2ccc(OC(=O)C3CCCCC3)cc2)CCCCC1. The molecule has 0 heterocycles. The molecule has 0 amide bonds. The standard InChI is InChI=1S/C20H26O3/c21-15-20(13-5-2-6-14-20)17-9-11-18(12-10-17)23-19(22)16-7-3-1-4-8-16/h9-12,15-16H,1-8,13-14H2. The Morgan fingerprint density at radius 1 is 0.957 bits per heavy atom. The molecule has 2 aliphatic rings. The third kappa shape index (κ3) is 3.65. The molecule has 0 atom stereocenters. The lowest BCUT2D eigenvalue weighted by molar-refractivity contribution is -0.140. The zero-order chi connectivity index (χ0) is 16.1. The number of aldehydes is 1. The summed E-state index contributed by atoms with van der Waals surface area (Å²) in [6.45, 7) is 0. The third-order valence-corrected chi connectivity index (χ3v) is 5.56. The number of carbonyl (C=O) groups excluding carboxylic acids is 2. The molecule has 0 radical (unpaired) electrons. The summed E-state index contributed by atoms with van der Waals surface area (Å²) in [5.41, 5.74) is 0.731. The molecule has 1 aromatic rings. The first-order valence-electron chi connectivity index (χ1n) is 9.02. The van der Waals surface area contributed by atoms with Gasteiger partial charge in [-0.25, -0.2) is 0 Å². The van der Waals surface area contributed by atoms with Crippen molar-refractivity contribution in [1.82, 2.24) is 0 Å². The van der Waals surface area contributed by atoms with Crippen molar-refractivity contribution in [3.8, 4) is 5.75 Å². The summed E-state index contributed by atoms with van der Waals surface area (Å²) >= 11 is 0. The van der Waals surface area contributed by atoms with Gasteiger partial charge in [-0.05, 0) is 43.4 Å². The molecule has 0 N–H and O–H groups in total. The fourth-order valence-corrected chi connectivity index (χ4v) is 4.05. The molecule has 2 aliphatic carbocycles. The van der Waals surface area contributed by atoms with E-state index in [2.05, 4.69) is 0 Å². The molecule has 3 heteroatoms. The molecular formula is C20H26O3. The molecule has 0 aliphatic heterocycles. The van der Waals surface area contributed by atoms with Crippen molar-refractivity contribution in [2.24, 2.45) is 5.92 Å². The lowest BCUT2D eigenvalue weighted by Crippen LogP contribution is -2.30.